The van der Waals surface area contributed by atoms with Crippen molar-refractivity contribution in [3.05, 3.63) is 0 Å². The average molecular weight is 162 g/mol. The molecule has 1 fully saturated rings. The number of piperidine rings is 1. The van der Waals surface area contributed by atoms with E-state index in [2.05, 4.69) is 4.51 Å². The summed E-state index contributed by atoms with van der Waals surface area (Å²) in [6.07, 6.45) is 3.70. The highest BCUT2D eigenvalue weighted by molar-refractivity contribution is 6.19. The lowest BCUT2D eigenvalue weighted by Gasteiger charge is -2.26. The molecule has 1 aliphatic heterocycles. The lowest BCUT2D eigenvalue weighted by molar-refractivity contribution is 0.339. The Morgan fingerprint density at radius 2 is 1.90 bits per heavy atom. The fourth-order valence-electron chi connectivity index (χ4n) is 1.18. The van der Waals surface area contributed by atoms with Gasteiger partial charge in [0.1, 0.15) is 0 Å². The van der Waals surface area contributed by atoms with Crippen molar-refractivity contribution in [2.75, 3.05) is 13.1 Å². The molecular formula is C6H12ClN3. The van der Waals surface area contributed by atoms with Crippen molar-refractivity contribution in [3.63, 3.8) is 0 Å². The van der Waals surface area contributed by atoms with Crippen LogP contribution in [-0.2, 0) is 0 Å². The first-order valence-corrected chi connectivity index (χ1v) is 3.88. The van der Waals surface area contributed by atoms with Gasteiger partial charge in [-0.3, -0.25) is 0 Å². The van der Waals surface area contributed by atoms with Crippen molar-refractivity contribution in [2.24, 2.45) is 10.2 Å². The molecule has 1 heterocycles. The van der Waals surface area contributed by atoms with Crippen LogP contribution in [0.25, 0.3) is 0 Å². The zero-order valence-corrected chi connectivity index (χ0v) is 6.64. The summed E-state index contributed by atoms with van der Waals surface area (Å²) in [5, 5.41) is 0. The molecule has 0 aromatic heterocycles. The number of hydrogen-bond acceptors (Lipinski definition) is 1. The van der Waals surface area contributed by atoms with Crippen molar-refractivity contribution in [1.29, 1.82) is 0 Å². The van der Waals surface area contributed by atoms with Crippen molar-refractivity contribution in [1.82, 2.24) is 4.90 Å². The largest absolute Gasteiger partial charge is 0.369 e. The molecular weight excluding hydrogens is 150 g/mol. The van der Waals surface area contributed by atoms with Gasteiger partial charge in [0, 0.05) is 24.9 Å². The summed E-state index contributed by atoms with van der Waals surface area (Å²) in [7, 11) is 0. The Morgan fingerprint density at radius 1 is 1.30 bits per heavy atom. The van der Waals surface area contributed by atoms with E-state index < -0.39 is 0 Å². The Morgan fingerprint density at radius 3 is 2.40 bits per heavy atom. The molecule has 0 aromatic carbocycles. The molecule has 58 valence electrons. The number of nitrogens with zero attached hydrogens (tertiary/aromatic N) is 2. The standard InChI is InChI=1S/C6H12ClN3/c7-9-6(8)10-4-2-1-3-5-10/h1-5H2,(H2,8,9). The van der Waals surface area contributed by atoms with E-state index in [9.17, 15) is 0 Å². The van der Waals surface area contributed by atoms with Crippen LogP contribution in [0.3, 0.4) is 0 Å². The predicted octanol–water partition coefficient (Wildman–Crippen LogP) is 0.941. The third-order valence-electron chi connectivity index (χ3n) is 1.77. The number of nitrogens with two attached hydrogens (primary N) is 1. The quantitative estimate of drug-likeness (QED) is 0.425. The Kier molecular flexibility index (Phi) is 2.81. The van der Waals surface area contributed by atoms with Gasteiger partial charge in [-0.1, -0.05) is 0 Å². The van der Waals surface area contributed by atoms with Crippen LogP contribution in [0.2, 0.25) is 0 Å². The third kappa shape index (κ3) is 1.77. The summed E-state index contributed by atoms with van der Waals surface area (Å²) in [4.78, 5) is 2.01. The average Bonchev–Trinajstić information content (AvgIpc) is 2.05. The molecule has 0 spiro atoms. The molecule has 0 amide bonds. The van der Waals surface area contributed by atoms with Crippen LogP contribution in [-0.4, -0.2) is 23.9 Å². The van der Waals surface area contributed by atoms with E-state index in [-0.39, 0.29) is 0 Å². The maximum atomic E-state index is 5.49. The first-order valence-electron chi connectivity index (χ1n) is 3.54. The van der Waals surface area contributed by atoms with Crippen LogP contribution < -0.4 is 5.73 Å². The fourth-order valence-corrected chi connectivity index (χ4v) is 1.28. The van der Waals surface area contributed by atoms with Crippen LogP contribution in [0.5, 0.6) is 0 Å². The summed E-state index contributed by atoms with van der Waals surface area (Å²) in [6.45, 7) is 2.00. The molecule has 0 bridgehead atoms. The van der Waals surface area contributed by atoms with E-state index >= 15 is 0 Å². The van der Waals surface area contributed by atoms with Crippen LogP contribution in [0.15, 0.2) is 4.51 Å². The first-order chi connectivity index (χ1) is 4.84. The second kappa shape index (κ2) is 3.66. The molecule has 1 saturated heterocycles. The number of halogens is 1. The highest BCUT2D eigenvalue weighted by Gasteiger charge is 2.10. The normalized spacial score (nSPS) is 21.3. The summed E-state index contributed by atoms with van der Waals surface area (Å²) in [5.41, 5.74) is 5.49. The molecule has 3 nitrogen and oxygen atoms in total. The molecule has 0 radical (unpaired) electrons. The Hall–Kier alpha value is -0.440. The lowest BCUT2D eigenvalue weighted by atomic mass is 10.1. The molecule has 0 saturated carbocycles. The topological polar surface area (TPSA) is 41.6 Å². The highest BCUT2D eigenvalue weighted by atomic mass is 35.5. The third-order valence-corrected chi connectivity index (χ3v) is 1.94. The number of likely N-dealkylation sites (tertiary alicyclic amines) is 1. The maximum absolute atomic E-state index is 5.49. The van der Waals surface area contributed by atoms with Crippen LogP contribution >= 0.6 is 11.8 Å². The second-order valence-corrected chi connectivity index (χ2v) is 2.66. The van der Waals surface area contributed by atoms with Gasteiger partial charge >= 0.3 is 0 Å². The van der Waals surface area contributed by atoms with Gasteiger partial charge in [-0.15, -0.1) is 4.51 Å². The summed E-state index contributed by atoms with van der Waals surface area (Å²) >= 11 is 5.21. The highest BCUT2D eigenvalue weighted by Crippen LogP contribution is 2.07. The van der Waals surface area contributed by atoms with Gasteiger partial charge in [0.15, 0.2) is 0 Å². The minimum atomic E-state index is 0.460. The molecule has 0 atom stereocenters. The molecule has 1 rings (SSSR count). The van der Waals surface area contributed by atoms with Gasteiger partial charge in [-0.2, -0.15) is 0 Å². The van der Waals surface area contributed by atoms with Gasteiger partial charge in [-0.25, -0.2) is 0 Å². The SMILES string of the molecule is N/C(=N\Cl)N1CCCCC1. The van der Waals surface area contributed by atoms with Crippen molar-refractivity contribution in [2.45, 2.75) is 19.3 Å². The van der Waals surface area contributed by atoms with Crippen molar-refractivity contribution in [3.8, 4) is 0 Å². The van der Waals surface area contributed by atoms with E-state index in [1.54, 1.807) is 0 Å². The van der Waals surface area contributed by atoms with Gasteiger partial charge in [0.25, 0.3) is 0 Å². The van der Waals surface area contributed by atoms with Crippen LogP contribution in [0, 0.1) is 0 Å². The number of rotatable bonds is 0. The lowest BCUT2D eigenvalue weighted by Crippen LogP contribution is -2.40. The van der Waals surface area contributed by atoms with Gasteiger partial charge < -0.3 is 10.6 Å². The van der Waals surface area contributed by atoms with E-state index in [4.69, 9.17) is 17.5 Å². The van der Waals surface area contributed by atoms with Crippen LogP contribution in [0.1, 0.15) is 19.3 Å². The monoisotopic (exact) mass is 161 g/mol. The van der Waals surface area contributed by atoms with Gasteiger partial charge in [0.2, 0.25) is 5.96 Å². The maximum Gasteiger partial charge on any atom is 0.208 e. The summed E-state index contributed by atoms with van der Waals surface area (Å²) < 4.78 is 3.40. The van der Waals surface area contributed by atoms with Gasteiger partial charge in [0.05, 0.1) is 0 Å². The minimum absolute atomic E-state index is 0.460. The van der Waals surface area contributed by atoms with Crippen LogP contribution in [0.4, 0.5) is 0 Å². The zero-order valence-electron chi connectivity index (χ0n) is 5.89. The van der Waals surface area contributed by atoms with E-state index in [1.165, 1.54) is 19.3 Å². The summed E-state index contributed by atoms with van der Waals surface area (Å²) in [5.74, 6) is 0.460. The molecule has 1 aliphatic rings. The Labute approximate surface area is 66.0 Å². The van der Waals surface area contributed by atoms with Gasteiger partial charge in [-0.05, 0) is 19.3 Å². The molecule has 0 aromatic rings. The Bertz CT molecular complexity index is 129. The molecule has 2 N–H and O–H groups in total. The molecule has 0 unspecified atom stereocenters. The molecule has 4 heteroatoms. The van der Waals surface area contributed by atoms with Crippen molar-refractivity contribution >= 4 is 17.7 Å². The fraction of sp³-hybridized carbons (Fsp3) is 0.833. The minimum Gasteiger partial charge on any atom is -0.369 e. The Balaban J connectivity index is 2.39. The smallest absolute Gasteiger partial charge is 0.208 e. The predicted molar refractivity (Wildman–Crippen MR) is 42.9 cm³/mol. The molecule has 10 heavy (non-hydrogen) atoms. The first kappa shape index (κ1) is 7.66. The number of guanidine groups is 1. The summed E-state index contributed by atoms with van der Waals surface area (Å²) in [6, 6.07) is 0. The van der Waals surface area contributed by atoms with Crippen molar-refractivity contribution < 1.29 is 0 Å². The van der Waals surface area contributed by atoms with E-state index in [0.717, 1.165) is 13.1 Å². The second-order valence-electron chi connectivity index (χ2n) is 2.49. The zero-order chi connectivity index (χ0) is 7.40. The van der Waals surface area contributed by atoms with E-state index in [0.29, 0.717) is 5.96 Å². The molecule has 0 aliphatic carbocycles. The number of hydrogen-bond donors (Lipinski definition) is 1. The van der Waals surface area contributed by atoms with E-state index in [1.807, 2.05) is 4.90 Å².